The summed E-state index contributed by atoms with van der Waals surface area (Å²) in [5.41, 5.74) is 0. The molecule has 8 heteroatoms. The van der Waals surface area contributed by atoms with Gasteiger partial charge in [0.05, 0.1) is 4.34 Å². The molecule has 1 aromatic heterocycles. The molecule has 0 radical (unpaired) electrons. The van der Waals surface area contributed by atoms with Gasteiger partial charge in [-0.1, -0.05) is 11.6 Å². The SMILES string of the molecule is O=[N+]([O-])CS(=O)(=O)c1ccc(Cl)s1. The molecule has 0 aromatic carbocycles. The topological polar surface area (TPSA) is 77.3 Å². The van der Waals surface area contributed by atoms with E-state index in [2.05, 4.69) is 0 Å². The fourth-order valence-electron chi connectivity index (χ4n) is 0.667. The highest BCUT2D eigenvalue weighted by Crippen LogP contribution is 2.26. The number of halogens is 1. The molecule has 0 saturated heterocycles. The number of sulfone groups is 1. The van der Waals surface area contributed by atoms with Gasteiger partial charge in [0.1, 0.15) is 4.21 Å². The second-order valence-electron chi connectivity index (χ2n) is 2.14. The molecular formula is C5H4ClNO4S2. The first kappa shape index (κ1) is 10.4. The Hall–Kier alpha value is -0.660. The molecular weight excluding hydrogens is 238 g/mol. The summed E-state index contributed by atoms with van der Waals surface area (Å²) in [5.74, 6) is -1.09. The lowest BCUT2D eigenvalue weighted by Crippen LogP contribution is -2.13. The van der Waals surface area contributed by atoms with Gasteiger partial charge in [-0.05, 0) is 12.1 Å². The molecule has 0 fully saturated rings. The number of nitro groups is 1. The van der Waals surface area contributed by atoms with E-state index in [0.717, 1.165) is 11.3 Å². The Balaban J connectivity index is 3.01. The van der Waals surface area contributed by atoms with E-state index in [1.165, 1.54) is 12.1 Å². The Morgan fingerprint density at radius 3 is 2.54 bits per heavy atom. The van der Waals surface area contributed by atoms with Gasteiger partial charge in [-0.25, -0.2) is 8.42 Å². The van der Waals surface area contributed by atoms with Crippen molar-refractivity contribution >= 4 is 32.8 Å². The molecule has 0 atom stereocenters. The normalized spacial score (nSPS) is 11.5. The van der Waals surface area contributed by atoms with Crippen molar-refractivity contribution in [1.82, 2.24) is 0 Å². The van der Waals surface area contributed by atoms with Gasteiger partial charge in [-0.15, -0.1) is 11.3 Å². The van der Waals surface area contributed by atoms with E-state index in [1.54, 1.807) is 0 Å². The Morgan fingerprint density at radius 1 is 1.54 bits per heavy atom. The summed E-state index contributed by atoms with van der Waals surface area (Å²) in [6.07, 6.45) is 0. The summed E-state index contributed by atoms with van der Waals surface area (Å²) < 4.78 is 22.6. The lowest BCUT2D eigenvalue weighted by Gasteiger charge is -1.93. The molecule has 0 aliphatic carbocycles. The predicted molar refractivity (Wildman–Crippen MR) is 48.4 cm³/mol. The largest absolute Gasteiger partial charge is 0.306 e. The molecule has 0 unspecified atom stereocenters. The molecule has 5 nitrogen and oxygen atoms in total. The van der Waals surface area contributed by atoms with E-state index in [4.69, 9.17) is 11.6 Å². The van der Waals surface area contributed by atoms with Crippen molar-refractivity contribution in [2.24, 2.45) is 0 Å². The number of hydrogen-bond acceptors (Lipinski definition) is 5. The lowest BCUT2D eigenvalue weighted by atomic mass is 10.7. The quantitative estimate of drug-likeness (QED) is 0.592. The minimum atomic E-state index is -3.80. The maximum Gasteiger partial charge on any atom is 0.306 e. The minimum absolute atomic E-state index is 0.0748. The van der Waals surface area contributed by atoms with E-state index < -0.39 is 20.6 Å². The molecule has 13 heavy (non-hydrogen) atoms. The van der Waals surface area contributed by atoms with Crippen LogP contribution < -0.4 is 0 Å². The molecule has 0 amide bonds. The third kappa shape index (κ3) is 2.64. The highest BCUT2D eigenvalue weighted by atomic mass is 35.5. The summed E-state index contributed by atoms with van der Waals surface area (Å²) in [6, 6.07) is 2.64. The lowest BCUT2D eigenvalue weighted by molar-refractivity contribution is -0.458. The third-order valence-electron chi connectivity index (χ3n) is 1.13. The summed E-state index contributed by atoms with van der Waals surface area (Å²) in [5, 5.41) is 9.99. The third-order valence-corrected chi connectivity index (χ3v) is 4.47. The Bertz CT molecular complexity index is 423. The first-order valence-electron chi connectivity index (χ1n) is 3.02. The number of thiophene rings is 1. The van der Waals surface area contributed by atoms with Crippen LogP contribution in [-0.4, -0.2) is 19.2 Å². The standard InChI is InChI=1S/C5H4ClNO4S2/c6-4-1-2-5(12-4)13(10,11)3-7(8)9/h1-2H,3H2. The zero-order valence-corrected chi connectivity index (χ0v) is 8.53. The van der Waals surface area contributed by atoms with Crippen molar-refractivity contribution in [2.75, 3.05) is 5.88 Å². The molecule has 0 N–H and O–H groups in total. The zero-order valence-electron chi connectivity index (χ0n) is 6.14. The van der Waals surface area contributed by atoms with E-state index in [0.29, 0.717) is 4.34 Å². The molecule has 1 heterocycles. The predicted octanol–water partition coefficient (Wildman–Crippen LogP) is 1.41. The fraction of sp³-hybridized carbons (Fsp3) is 0.200. The van der Waals surface area contributed by atoms with Crippen LogP contribution in [0, 0.1) is 10.1 Å². The van der Waals surface area contributed by atoms with Crippen LogP contribution in [0.3, 0.4) is 0 Å². The van der Waals surface area contributed by atoms with Crippen LogP contribution in [-0.2, 0) is 9.84 Å². The minimum Gasteiger partial charge on any atom is -0.263 e. The molecule has 0 aliphatic rings. The van der Waals surface area contributed by atoms with Crippen molar-refractivity contribution < 1.29 is 13.3 Å². The molecule has 0 bridgehead atoms. The van der Waals surface area contributed by atoms with Crippen LogP contribution >= 0.6 is 22.9 Å². The van der Waals surface area contributed by atoms with Crippen LogP contribution in [0.4, 0.5) is 0 Å². The first-order valence-corrected chi connectivity index (χ1v) is 5.86. The van der Waals surface area contributed by atoms with Crippen LogP contribution in [0.2, 0.25) is 4.34 Å². The second-order valence-corrected chi connectivity index (χ2v) is 6.04. The van der Waals surface area contributed by atoms with Gasteiger partial charge in [-0.3, -0.25) is 10.1 Å². The fourth-order valence-corrected chi connectivity index (χ4v) is 3.20. The van der Waals surface area contributed by atoms with Crippen molar-refractivity contribution in [3.05, 3.63) is 26.6 Å². The van der Waals surface area contributed by atoms with Crippen molar-refractivity contribution in [1.29, 1.82) is 0 Å². The highest BCUT2D eigenvalue weighted by Gasteiger charge is 2.22. The second kappa shape index (κ2) is 3.60. The van der Waals surface area contributed by atoms with Gasteiger partial charge < -0.3 is 0 Å². The van der Waals surface area contributed by atoms with Crippen LogP contribution in [0.25, 0.3) is 0 Å². The van der Waals surface area contributed by atoms with Crippen LogP contribution in [0.5, 0.6) is 0 Å². The van der Waals surface area contributed by atoms with Gasteiger partial charge in [-0.2, -0.15) is 0 Å². The molecule has 1 aromatic rings. The van der Waals surface area contributed by atoms with Crippen molar-refractivity contribution in [3.8, 4) is 0 Å². The summed E-state index contributed by atoms with van der Waals surface area (Å²) in [4.78, 5) is 9.11. The molecule has 0 spiro atoms. The summed E-state index contributed by atoms with van der Waals surface area (Å²) >= 11 is 6.30. The monoisotopic (exact) mass is 241 g/mol. The number of nitrogens with zero attached hydrogens (tertiary/aromatic N) is 1. The molecule has 0 saturated carbocycles. The van der Waals surface area contributed by atoms with Crippen molar-refractivity contribution in [3.63, 3.8) is 0 Å². The van der Waals surface area contributed by atoms with Gasteiger partial charge in [0.25, 0.3) is 9.84 Å². The highest BCUT2D eigenvalue weighted by molar-refractivity contribution is 7.93. The Morgan fingerprint density at radius 2 is 2.15 bits per heavy atom. The maximum atomic E-state index is 11.2. The Kier molecular flexibility index (Phi) is 2.89. The average molecular weight is 242 g/mol. The molecule has 1 rings (SSSR count). The average Bonchev–Trinajstić information content (AvgIpc) is 2.32. The Labute approximate surface area is 83.0 Å². The van der Waals surface area contributed by atoms with Gasteiger partial charge in [0.2, 0.25) is 0 Å². The molecule has 72 valence electrons. The number of rotatable bonds is 3. The maximum absolute atomic E-state index is 11.2. The van der Waals surface area contributed by atoms with Crippen molar-refractivity contribution in [2.45, 2.75) is 4.21 Å². The smallest absolute Gasteiger partial charge is 0.263 e. The van der Waals surface area contributed by atoms with E-state index >= 15 is 0 Å². The van der Waals surface area contributed by atoms with Gasteiger partial charge >= 0.3 is 5.88 Å². The van der Waals surface area contributed by atoms with Crippen LogP contribution in [0.15, 0.2) is 16.3 Å². The number of hydrogen-bond donors (Lipinski definition) is 0. The zero-order chi connectivity index (χ0) is 10.1. The first-order chi connectivity index (χ1) is 5.92. The van der Waals surface area contributed by atoms with Crippen LogP contribution in [0.1, 0.15) is 0 Å². The van der Waals surface area contributed by atoms with Gasteiger partial charge in [0, 0.05) is 4.92 Å². The van der Waals surface area contributed by atoms with Gasteiger partial charge in [0.15, 0.2) is 0 Å². The van der Waals surface area contributed by atoms with E-state index in [1.807, 2.05) is 0 Å². The van der Waals surface area contributed by atoms with E-state index in [-0.39, 0.29) is 4.21 Å². The molecule has 0 aliphatic heterocycles. The van der Waals surface area contributed by atoms with E-state index in [9.17, 15) is 18.5 Å². The summed E-state index contributed by atoms with van der Waals surface area (Å²) in [7, 11) is -3.80. The summed E-state index contributed by atoms with van der Waals surface area (Å²) in [6.45, 7) is 0.